The smallest absolute Gasteiger partial charge is 0.251 e. The van der Waals surface area contributed by atoms with Crippen molar-refractivity contribution in [1.29, 1.82) is 0 Å². The zero-order valence-electron chi connectivity index (χ0n) is 24.0. The molecule has 0 radical (unpaired) electrons. The average Bonchev–Trinajstić information content (AvgIpc) is 3.66. The second-order valence-corrected chi connectivity index (χ2v) is 12.6. The van der Waals surface area contributed by atoms with Gasteiger partial charge < -0.3 is 24.8 Å². The van der Waals surface area contributed by atoms with Crippen LogP contribution in [-0.4, -0.2) is 96.9 Å². The summed E-state index contributed by atoms with van der Waals surface area (Å²) in [6, 6.07) is 6.15. The summed E-state index contributed by atoms with van der Waals surface area (Å²) >= 11 is 1.64. The van der Waals surface area contributed by atoms with E-state index >= 15 is 0 Å². The van der Waals surface area contributed by atoms with E-state index in [4.69, 9.17) is 9.72 Å². The Morgan fingerprint density at radius 3 is 2.55 bits per heavy atom. The van der Waals surface area contributed by atoms with Crippen LogP contribution in [0, 0.1) is 11.8 Å². The summed E-state index contributed by atoms with van der Waals surface area (Å²) in [5, 5.41) is 6.07. The van der Waals surface area contributed by atoms with Crippen LogP contribution in [0.3, 0.4) is 0 Å². The van der Waals surface area contributed by atoms with Gasteiger partial charge in [0.05, 0.1) is 11.8 Å². The van der Waals surface area contributed by atoms with Gasteiger partial charge in [0, 0.05) is 55.1 Å². The maximum Gasteiger partial charge on any atom is 0.251 e. The molecule has 9 nitrogen and oxygen atoms in total. The normalized spacial score (nSPS) is 24.0. The number of ketones is 1. The van der Waals surface area contributed by atoms with Crippen LogP contribution in [0.1, 0.15) is 50.4 Å². The zero-order chi connectivity index (χ0) is 28.4. The highest BCUT2D eigenvalue weighted by Crippen LogP contribution is 2.35. The number of benzene rings is 1. The number of thiazole rings is 1. The molecule has 1 N–H and O–H groups in total. The highest BCUT2D eigenvalue weighted by molar-refractivity contribution is 7.14. The van der Waals surface area contributed by atoms with Gasteiger partial charge in [0.1, 0.15) is 18.7 Å². The summed E-state index contributed by atoms with van der Waals surface area (Å²) in [5.74, 6) is -0.186. The Labute approximate surface area is 240 Å². The van der Waals surface area contributed by atoms with Crippen LogP contribution in [0.4, 0.5) is 5.13 Å². The average molecular weight is 568 g/mol. The molecule has 216 valence electrons. The Morgan fingerprint density at radius 1 is 1.15 bits per heavy atom. The molecule has 4 heterocycles. The number of amides is 2. The lowest BCUT2D eigenvalue weighted by molar-refractivity contribution is -0.138. The number of anilines is 1. The van der Waals surface area contributed by atoms with Crippen molar-refractivity contribution in [1.82, 2.24) is 20.1 Å². The van der Waals surface area contributed by atoms with Crippen LogP contribution in [0.5, 0.6) is 0 Å². The number of rotatable bonds is 9. The number of piperazine rings is 1. The Kier molecular flexibility index (Phi) is 8.87. The number of carbonyl (C=O) groups excluding carboxylic acids is 3. The summed E-state index contributed by atoms with van der Waals surface area (Å²) in [5.41, 5.74) is 2.34. The first-order valence-electron chi connectivity index (χ1n) is 14.5. The first-order valence-corrected chi connectivity index (χ1v) is 15.4. The van der Waals surface area contributed by atoms with Crippen molar-refractivity contribution in [2.45, 2.75) is 58.2 Å². The van der Waals surface area contributed by atoms with E-state index in [9.17, 15) is 14.4 Å². The molecule has 0 aliphatic carbocycles. The number of Topliss-reactive ketones (excluding diaryl/α,β-unsaturated/α-hetero) is 1. The third-order valence-corrected chi connectivity index (χ3v) is 9.15. The van der Waals surface area contributed by atoms with Gasteiger partial charge in [0.25, 0.3) is 5.91 Å². The van der Waals surface area contributed by atoms with E-state index in [-0.39, 0.29) is 42.1 Å². The molecule has 4 atom stereocenters. The molecule has 3 aliphatic heterocycles. The first-order chi connectivity index (χ1) is 19.2. The van der Waals surface area contributed by atoms with Gasteiger partial charge in [-0.15, -0.1) is 11.3 Å². The van der Waals surface area contributed by atoms with Gasteiger partial charge in [-0.05, 0) is 37.9 Å². The number of likely N-dealkylation sites (N-methyl/N-ethyl adjacent to an activating group) is 1. The van der Waals surface area contributed by atoms with Gasteiger partial charge in [-0.2, -0.15) is 0 Å². The van der Waals surface area contributed by atoms with Crippen LogP contribution >= 0.6 is 11.3 Å². The third-order valence-electron chi connectivity index (χ3n) is 8.25. The van der Waals surface area contributed by atoms with Gasteiger partial charge in [-0.25, -0.2) is 4.98 Å². The second-order valence-electron chi connectivity index (χ2n) is 11.8. The number of hydrogen-bond acceptors (Lipinski definition) is 8. The van der Waals surface area contributed by atoms with E-state index in [1.54, 1.807) is 28.4 Å². The van der Waals surface area contributed by atoms with Crippen molar-refractivity contribution < 1.29 is 19.1 Å². The van der Waals surface area contributed by atoms with E-state index < -0.39 is 12.1 Å². The number of carbonyl (C=O) groups is 3. The van der Waals surface area contributed by atoms with Crippen molar-refractivity contribution in [3.05, 3.63) is 35.2 Å². The van der Waals surface area contributed by atoms with Gasteiger partial charge in [-0.1, -0.05) is 39.3 Å². The lowest BCUT2D eigenvalue weighted by Crippen LogP contribution is -2.52. The largest absolute Gasteiger partial charge is 0.367 e. The third kappa shape index (κ3) is 6.09. The molecule has 1 aromatic heterocycles. The van der Waals surface area contributed by atoms with Crippen LogP contribution in [0.2, 0.25) is 0 Å². The predicted molar refractivity (Wildman–Crippen MR) is 157 cm³/mol. The summed E-state index contributed by atoms with van der Waals surface area (Å²) in [7, 11) is 2.14. The Morgan fingerprint density at radius 2 is 1.88 bits per heavy atom. The van der Waals surface area contributed by atoms with Crippen molar-refractivity contribution in [3.8, 4) is 11.3 Å². The second kappa shape index (κ2) is 12.4. The maximum absolute atomic E-state index is 13.8. The lowest BCUT2D eigenvalue weighted by atomic mass is 9.97. The van der Waals surface area contributed by atoms with E-state index in [0.717, 1.165) is 55.4 Å². The van der Waals surface area contributed by atoms with Crippen LogP contribution < -0.4 is 10.2 Å². The Balaban J connectivity index is 1.26. The molecular weight excluding hydrogens is 526 g/mol. The number of aromatic nitrogens is 1. The number of hydrogen-bond donors (Lipinski definition) is 1. The minimum absolute atomic E-state index is 0.0417. The molecule has 0 saturated carbocycles. The van der Waals surface area contributed by atoms with Crippen molar-refractivity contribution in [3.63, 3.8) is 0 Å². The van der Waals surface area contributed by atoms with Gasteiger partial charge in [0.2, 0.25) is 5.91 Å². The van der Waals surface area contributed by atoms with E-state index in [1.807, 2.05) is 26.0 Å². The van der Waals surface area contributed by atoms with E-state index in [0.29, 0.717) is 18.5 Å². The molecule has 3 aliphatic rings. The molecule has 2 aromatic rings. The minimum atomic E-state index is -0.703. The molecule has 5 rings (SSSR count). The topological polar surface area (TPSA) is 95.1 Å². The van der Waals surface area contributed by atoms with Crippen LogP contribution in [-0.2, 0) is 14.3 Å². The standard InChI is InChI=1S/C30H41N5O4S/c1-5-6-22-16-35(26-25(36)17-39-27(22)26)29(38)23(15-19(2)3)31-28(37)21-9-7-20(8-10-21)24-18-40-30(32-24)34-13-11-33(4)12-14-34/h7-10,18-19,22-23,26-27H,5-6,11-17H2,1-4H3,(H,31,37)/t22-,23-,26+,27+/m0/s1. The Bertz CT molecular complexity index is 1210. The number of nitrogens with zero attached hydrogens (tertiary/aromatic N) is 4. The minimum Gasteiger partial charge on any atom is -0.367 e. The zero-order valence-corrected chi connectivity index (χ0v) is 24.8. The van der Waals surface area contributed by atoms with Gasteiger partial charge >= 0.3 is 0 Å². The number of likely N-dealkylation sites (tertiary alicyclic amines) is 1. The lowest BCUT2D eigenvalue weighted by Gasteiger charge is -2.32. The number of fused-ring (bicyclic) bond motifs is 1. The molecule has 3 fully saturated rings. The molecule has 2 amide bonds. The fraction of sp³-hybridized carbons (Fsp3) is 0.600. The fourth-order valence-electron chi connectivity index (χ4n) is 6.07. The van der Waals surface area contributed by atoms with Crippen molar-refractivity contribution in [2.75, 3.05) is 51.3 Å². The summed E-state index contributed by atoms with van der Waals surface area (Å²) in [6.45, 7) is 10.7. The molecular formula is C30H41N5O4S. The van der Waals surface area contributed by atoms with Gasteiger partial charge in [0.15, 0.2) is 10.9 Å². The summed E-state index contributed by atoms with van der Waals surface area (Å²) < 4.78 is 5.79. The fourth-order valence-corrected chi connectivity index (χ4v) is 6.96. The maximum atomic E-state index is 13.8. The molecule has 3 saturated heterocycles. The molecule has 10 heteroatoms. The number of nitrogens with one attached hydrogen (secondary N) is 1. The highest BCUT2D eigenvalue weighted by Gasteiger charge is 2.52. The number of ether oxygens (including phenoxy) is 1. The first kappa shape index (κ1) is 28.7. The molecule has 0 unspecified atom stereocenters. The van der Waals surface area contributed by atoms with Gasteiger partial charge in [-0.3, -0.25) is 14.4 Å². The summed E-state index contributed by atoms with van der Waals surface area (Å²) in [4.78, 5) is 50.9. The molecule has 0 spiro atoms. The molecule has 0 bridgehead atoms. The monoisotopic (exact) mass is 567 g/mol. The summed E-state index contributed by atoms with van der Waals surface area (Å²) in [6.07, 6.45) is 2.13. The Hall–Kier alpha value is -2.82. The van der Waals surface area contributed by atoms with Crippen LogP contribution in [0.25, 0.3) is 11.3 Å². The van der Waals surface area contributed by atoms with Crippen molar-refractivity contribution in [2.24, 2.45) is 11.8 Å². The highest BCUT2D eigenvalue weighted by atomic mass is 32.1. The molecule has 40 heavy (non-hydrogen) atoms. The SMILES string of the molecule is CCC[C@H]1CN(C(=O)[C@H](CC(C)C)NC(=O)c2ccc(-c3csc(N4CCN(C)CC4)n3)cc2)[C@@H]2C(=O)CO[C@H]12. The molecule has 1 aromatic carbocycles. The van der Waals surface area contributed by atoms with E-state index in [1.165, 1.54) is 0 Å². The van der Waals surface area contributed by atoms with Crippen LogP contribution in [0.15, 0.2) is 29.6 Å². The van der Waals surface area contributed by atoms with Crippen molar-refractivity contribution >= 4 is 34.1 Å². The quantitative estimate of drug-likeness (QED) is 0.497. The predicted octanol–water partition coefficient (Wildman–Crippen LogP) is 3.30. The van der Waals surface area contributed by atoms with E-state index in [2.05, 4.69) is 34.5 Å².